The van der Waals surface area contributed by atoms with E-state index in [0.29, 0.717) is 5.92 Å². The maximum atomic E-state index is 11.8. The zero-order valence-corrected chi connectivity index (χ0v) is 11.4. The van der Waals surface area contributed by atoms with Crippen LogP contribution >= 0.6 is 0 Å². The summed E-state index contributed by atoms with van der Waals surface area (Å²) in [6.07, 6.45) is 1.03. The van der Waals surface area contributed by atoms with E-state index in [1.165, 1.54) is 5.69 Å². The summed E-state index contributed by atoms with van der Waals surface area (Å²) in [5, 5.41) is 6.34. The van der Waals surface area contributed by atoms with E-state index < -0.39 is 0 Å². The van der Waals surface area contributed by atoms with Gasteiger partial charge < -0.3 is 15.5 Å². The molecule has 2 aliphatic rings. The Labute approximate surface area is 114 Å². The first-order valence-electron chi connectivity index (χ1n) is 7.10. The maximum Gasteiger partial charge on any atom is 0.227 e. The molecule has 1 aliphatic carbocycles. The zero-order valence-electron chi connectivity index (χ0n) is 11.4. The second-order valence-corrected chi connectivity index (χ2v) is 5.59. The van der Waals surface area contributed by atoms with Gasteiger partial charge in [-0.2, -0.15) is 0 Å². The van der Waals surface area contributed by atoms with Crippen LogP contribution in [-0.2, 0) is 4.79 Å². The normalized spacial score (nSPS) is 26.1. The van der Waals surface area contributed by atoms with Gasteiger partial charge in [-0.25, -0.2) is 0 Å². The molecule has 1 heterocycles. The maximum absolute atomic E-state index is 11.8. The molecule has 1 aliphatic heterocycles. The van der Waals surface area contributed by atoms with Gasteiger partial charge in [0.25, 0.3) is 0 Å². The molecular formula is C15H21N3O. The summed E-state index contributed by atoms with van der Waals surface area (Å²) in [5.41, 5.74) is 2.14. The third kappa shape index (κ3) is 2.89. The summed E-state index contributed by atoms with van der Waals surface area (Å²) in [4.78, 5) is 14.2. The number of amides is 1. The van der Waals surface area contributed by atoms with Gasteiger partial charge in [0.2, 0.25) is 5.91 Å². The highest BCUT2D eigenvalue weighted by atomic mass is 16.2. The topological polar surface area (TPSA) is 44.4 Å². The van der Waals surface area contributed by atoms with Crippen LogP contribution < -0.4 is 15.5 Å². The molecule has 0 aromatic heterocycles. The Morgan fingerprint density at radius 1 is 1.26 bits per heavy atom. The zero-order chi connectivity index (χ0) is 13.2. The number of piperazine rings is 1. The second-order valence-electron chi connectivity index (χ2n) is 5.59. The summed E-state index contributed by atoms with van der Waals surface area (Å²) in [6, 6.07) is 8.19. The van der Waals surface area contributed by atoms with Crippen LogP contribution in [0, 0.1) is 11.8 Å². The molecule has 2 N–H and O–H groups in total. The van der Waals surface area contributed by atoms with Gasteiger partial charge in [0.15, 0.2) is 0 Å². The van der Waals surface area contributed by atoms with Gasteiger partial charge in [-0.3, -0.25) is 4.79 Å². The van der Waals surface area contributed by atoms with E-state index in [1.54, 1.807) is 0 Å². The predicted octanol–water partition coefficient (Wildman–Crippen LogP) is 1.69. The molecule has 19 heavy (non-hydrogen) atoms. The van der Waals surface area contributed by atoms with Gasteiger partial charge in [0, 0.05) is 43.5 Å². The van der Waals surface area contributed by atoms with Crippen LogP contribution in [0.5, 0.6) is 0 Å². The van der Waals surface area contributed by atoms with E-state index >= 15 is 0 Å². The third-order valence-corrected chi connectivity index (χ3v) is 4.06. The SMILES string of the molecule is CC1CC1C(=O)Nc1ccc(N2CCNCC2)cc1. The number of hydrogen-bond acceptors (Lipinski definition) is 3. The molecule has 1 saturated carbocycles. The third-order valence-electron chi connectivity index (χ3n) is 4.06. The Bertz CT molecular complexity index is 451. The summed E-state index contributed by atoms with van der Waals surface area (Å²) in [7, 11) is 0. The molecule has 1 amide bonds. The highest BCUT2D eigenvalue weighted by Gasteiger charge is 2.38. The molecule has 0 radical (unpaired) electrons. The lowest BCUT2D eigenvalue weighted by Gasteiger charge is -2.29. The lowest BCUT2D eigenvalue weighted by Crippen LogP contribution is -2.43. The van der Waals surface area contributed by atoms with Crippen LogP contribution in [-0.4, -0.2) is 32.1 Å². The lowest BCUT2D eigenvalue weighted by molar-refractivity contribution is -0.117. The van der Waals surface area contributed by atoms with Crippen LogP contribution in [0.25, 0.3) is 0 Å². The fraction of sp³-hybridized carbons (Fsp3) is 0.533. The molecule has 4 nitrogen and oxygen atoms in total. The molecule has 0 bridgehead atoms. The smallest absolute Gasteiger partial charge is 0.227 e. The first-order chi connectivity index (χ1) is 9.24. The first kappa shape index (κ1) is 12.5. The largest absolute Gasteiger partial charge is 0.369 e. The average Bonchev–Trinajstić information content (AvgIpc) is 3.18. The van der Waals surface area contributed by atoms with Crippen LogP contribution in [0.3, 0.4) is 0 Å². The Hall–Kier alpha value is -1.55. The van der Waals surface area contributed by atoms with Crippen molar-refractivity contribution in [3.05, 3.63) is 24.3 Å². The lowest BCUT2D eigenvalue weighted by atomic mass is 10.2. The van der Waals surface area contributed by atoms with Gasteiger partial charge in [-0.05, 0) is 36.6 Å². The van der Waals surface area contributed by atoms with E-state index in [9.17, 15) is 4.79 Å². The molecule has 2 unspecified atom stereocenters. The highest BCUT2D eigenvalue weighted by molar-refractivity contribution is 5.94. The quantitative estimate of drug-likeness (QED) is 0.868. The molecule has 102 valence electrons. The van der Waals surface area contributed by atoms with Crippen molar-refractivity contribution in [2.24, 2.45) is 11.8 Å². The van der Waals surface area contributed by atoms with Gasteiger partial charge >= 0.3 is 0 Å². The summed E-state index contributed by atoms with van der Waals surface area (Å²) >= 11 is 0. The van der Waals surface area contributed by atoms with Gasteiger partial charge in [0.1, 0.15) is 0 Å². The molecule has 2 atom stereocenters. The van der Waals surface area contributed by atoms with Gasteiger partial charge in [0.05, 0.1) is 0 Å². The average molecular weight is 259 g/mol. The number of nitrogens with one attached hydrogen (secondary N) is 2. The fourth-order valence-electron chi connectivity index (χ4n) is 2.60. The number of nitrogens with zero attached hydrogens (tertiary/aromatic N) is 1. The molecule has 1 saturated heterocycles. The molecule has 3 rings (SSSR count). The second kappa shape index (κ2) is 5.21. The van der Waals surface area contributed by atoms with E-state index in [1.807, 2.05) is 12.1 Å². The van der Waals surface area contributed by atoms with E-state index in [2.05, 4.69) is 34.6 Å². The van der Waals surface area contributed by atoms with E-state index in [4.69, 9.17) is 0 Å². The minimum Gasteiger partial charge on any atom is -0.369 e. The number of carbonyl (C=O) groups excluding carboxylic acids is 1. The highest BCUT2D eigenvalue weighted by Crippen LogP contribution is 2.38. The molecule has 1 aromatic carbocycles. The van der Waals surface area contributed by atoms with Crippen molar-refractivity contribution >= 4 is 17.3 Å². The predicted molar refractivity (Wildman–Crippen MR) is 77.4 cm³/mol. The summed E-state index contributed by atoms with van der Waals surface area (Å²) < 4.78 is 0. The molecule has 1 aromatic rings. The Balaban J connectivity index is 1.60. The van der Waals surface area contributed by atoms with Crippen molar-refractivity contribution in [3.8, 4) is 0 Å². The first-order valence-corrected chi connectivity index (χ1v) is 7.10. The van der Waals surface area contributed by atoms with Crippen molar-refractivity contribution in [2.45, 2.75) is 13.3 Å². The van der Waals surface area contributed by atoms with Gasteiger partial charge in [-0.1, -0.05) is 6.92 Å². The van der Waals surface area contributed by atoms with Crippen molar-refractivity contribution in [3.63, 3.8) is 0 Å². The monoisotopic (exact) mass is 259 g/mol. The fourth-order valence-corrected chi connectivity index (χ4v) is 2.60. The summed E-state index contributed by atoms with van der Waals surface area (Å²) in [6.45, 7) is 6.30. The standard InChI is InChI=1S/C15H21N3O/c1-11-10-14(11)15(19)17-12-2-4-13(5-3-12)18-8-6-16-7-9-18/h2-5,11,14,16H,6-10H2,1H3,(H,17,19). The molecule has 4 heteroatoms. The number of benzene rings is 1. The van der Waals surface area contributed by atoms with Crippen LogP contribution in [0.4, 0.5) is 11.4 Å². The van der Waals surface area contributed by atoms with Gasteiger partial charge in [-0.15, -0.1) is 0 Å². The van der Waals surface area contributed by atoms with Crippen LogP contribution in [0.2, 0.25) is 0 Å². The number of hydrogen-bond donors (Lipinski definition) is 2. The number of rotatable bonds is 3. The van der Waals surface area contributed by atoms with Crippen molar-refractivity contribution < 1.29 is 4.79 Å². The Kier molecular flexibility index (Phi) is 3.42. The number of anilines is 2. The minimum atomic E-state index is 0.169. The Morgan fingerprint density at radius 3 is 2.47 bits per heavy atom. The molecular weight excluding hydrogens is 238 g/mol. The van der Waals surface area contributed by atoms with Crippen molar-refractivity contribution in [1.29, 1.82) is 0 Å². The van der Waals surface area contributed by atoms with E-state index in [0.717, 1.165) is 38.3 Å². The Morgan fingerprint density at radius 2 is 1.89 bits per heavy atom. The number of carbonyl (C=O) groups is 1. The van der Waals surface area contributed by atoms with Crippen molar-refractivity contribution in [2.75, 3.05) is 36.4 Å². The summed E-state index contributed by atoms with van der Waals surface area (Å²) in [5.74, 6) is 0.954. The van der Waals surface area contributed by atoms with Crippen molar-refractivity contribution in [1.82, 2.24) is 5.32 Å². The van der Waals surface area contributed by atoms with Crippen LogP contribution in [0.1, 0.15) is 13.3 Å². The minimum absolute atomic E-state index is 0.169. The molecule has 0 spiro atoms. The molecule has 2 fully saturated rings. The van der Waals surface area contributed by atoms with E-state index in [-0.39, 0.29) is 11.8 Å². The van der Waals surface area contributed by atoms with Crippen LogP contribution in [0.15, 0.2) is 24.3 Å².